The van der Waals surface area contributed by atoms with Crippen LogP contribution in [0.1, 0.15) is 25.3 Å². The van der Waals surface area contributed by atoms with Crippen LogP contribution in [-0.2, 0) is 16.1 Å². The number of carbonyl (C=O) groups is 1. The molecule has 0 aliphatic carbocycles. The van der Waals surface area contributed by atoms with E-state index in [1.165, 1.54) is 12.3 Å². The van der Waals surface area contributed by atoms with Crippen molar-refractivity contribution >= 4 is 11.7 Å². The number of carbonyl (C=O) groups excluding carboxylic acids is 1. The Labute approximate surface area is 153 Å². The number of amidine groups is 1. The molecule has 0 spiro atoms. The highest BCUT2D eigenvalue weighted by Crippen LogP contribution is 2.24. The second-order valence-corrected chi connectivity index (χ2v) is 6.53. The third-order valence-corrected chi connectivity index (χ3v) is 4.77. The molecule has 5 nitrogen and oxygen atoms in total. The van der Waals surface area contributed by atoms with E-state index in [1.54, 1.807) is 23.1 Å². The number of aliphatic imine (C=N–C) groups is 1. The van der Waals surface area contributed by atoms with E-state index in [4.69, 9.17) is 4.74 Å². The molecule has 0 bridgehead atoms. The number of rotatable bonds is 4. The summed E-state index contributed by atoms with van der Waals surface area (Å²) in [4.78, 5) is 20.7. The molecule has 2 heterocycles. The van der Waals surface area contributed by atoms with E-state index in [-0.39, 0.29) is 30.7 Å². The number of ether oxygens (including phenoxy) is 1. The number of hydrogen-bond acceptors (Lipinski definition) is 3. The molecule has 3 rings (SSSR count). The van der Waals surface area contributed by atoms with E-state index in [0.717, 1.165) is 24.4 Å². The maximum atomic E-state index is 13.9. The first-order chi connectivity index (χ1) is 12.6. The smallest absolute Gasteiger partial charge is 0.247 e. The van der Waals surface area contributed by atoms with E-state index in [9.17, 15) is 9.18 Å². The third-order valence-electron chi connectivity index (χ3n) is 4.77. The lowest BCUT2D eigenvalue weighted by atomic mass is 9.97. The van der Waals surface area contributed by atoms with E-state index < -0.39 is 0 Å². The molecule has 0 aromatic heterocycles. The summed E-state index contributed by atoms with van der Waals surface area (Å²) in [5, 5.41) is 0. The molecule has 1 fully saturated rings. The van der Waals surface area contributed by atoms with Gasteiger partial charge in [0.05, 0.1) is 6.54 Å². The van der Waals surface area contributed by atoms with Crippen molar-refractivity contribution in [3.05, 3.63) is 60.3 Å². The summed E-state index contributed by atoms with van der Waals surface area (Å²) >= 11 is 0. The summed E-state index contributed by atoms with van der Waals surface area (Å²) in [7, 11) is 0. The van der Waals surface area contributed by atoms with Gasteiger partial charge in [-0.2, -0.15) is 0 Å². The quantitative estimate of drug-likeness (QED) is 0.613. The Morgan fingerprint density at radius 1 is 1.38 bits per heavy atom. The predicted molar refractivity (Wildman–Crippen MR) is 98.6 cm³/mol. The SMILES string of the molecule is C=CN=C(C1CCOCC1)N1C=C(C)N(Cc2ccccc2F)C(=O)C1. The molecule has 0 N–H and O–H groups in total. The summed E-state index contributed by atoms with van der Waals surface area (Å²) in [6, 6.07) is 6.54. The minimum Gasteiger partial charge on any atom is -0.381 e. The molecule has 0 saturated carbocycles. The summed E-state index contributed by atoms with van der Waals surface area (Å²) < 4.78 is 19.4. The van der Waals surface area contributed by atoms with Crippen LogP contribution in [0.2, 0.25) is 0 Å². The lowest BCUT2D eigenvalue weighted by Gasteiger charge is -2.36. The highest BCUT2D eigenvalue weighted by molar-refractivity contribution is 5.92. The molecular formula is C20H24FN3O2. The minimum absolute atomic E-state index is 0.0722. The van der Waals surface area contributed by atoms with E-state index in [1.807, 2.05) is 18.0 Å². The Hall–Kier alpha value is -2.47. The maximum absolute atomic E-state index is 13.9. The van der Waals surface area contributed by atoms with Crippen LogP contribution in [0.15, 0.2) is 53.9 Å². The highest BCUT2D eigenvalue weighted by atomic mass is 19.1. The van der Waals surface area contributed by atoms with Crippen LogP contribution in [-0.4, -0.2) is 41.3 Å². The Bertz CT molecular complexity index is 738. The van der Waals surface area contributed by atoms with Gasteiger partial charge in [-0.25, -0.2) is 9.38 Å². The zero-order valence-electron chi connectivity index (χ0n) is 15.0. The summed E-state index contributed by atoms with van der Waals surface area (Å²) in [5.41, 5.74) is 1.28. The van der Waals surface area contributed by atoms with Crippen LogP contribution in [0.4, 0.5) is 4.39 Å². The van der Waals surface area contributed by atoms with Crippen molar-refractivity contribution in [2.75, 3.05) is 19.8 Å². The van der Waals surface area contributed by atoms with Gasteiger partial charge in [-0.1, -0.05) is 24.8 Å². The maximum Gasteiger partial charge on any atom is 0.247 e. The van der Waals surface area contributed by atoms with Gasteiger partial charge in [-0.3, -0.25) is 4.79 Å². The normalized spacial score (nSPS) is 19.5. The summed E-state index contributed by atoms with van der Waals surface area (Å²) in [6.07, 6.45) is 5.19. The van der Waals surface area contributed by atoms with E-state index in [2.05, 4.69) is 11.6 Å². The number of nitrogens with zero attached hydrogens (tertiary/aromatic N) is 3. The molecular weight excluding hydrogens is 333 g/mol. The summed E-state index contributed by atoms with van der Waals surface area (Å²) in [5.74, 6) is 0.724. The van der Waals surface area contributed by atoms with Gasteiger partial charge in [0.2, 0.25) is 5.91 Å². The van der Waals surface area contributed by atoms with Crippen molar-refractivity contribution in [2.45, 2.75) is 26.3 Å². The monoisotopic (exact) mass is 357 g/mol. The van der Waals surface area contributed by atoms with Crippen LogP contribution < -0.4 is 0 Å². The van der Waals surface area contributed by atoms with Crippen LogP contribution in [0.25, 0.3) is 0 Å². The lowest BCUT2D eigenvalue weighted by Crippen LogP contribution is -2.47. The number of amides is 1. The Balaban J connectivity index is 1.80. The minimum atomic E-state index is -0.299. The van der Waals surface area contributed by atoms with Gasteiger partial charge >= 0.3 is 0 Å². The molecule has 138 valence electrons. The van der Waals surface area contributed by atoms with Gasteiger partial charge in [0.25, 0.3) is 0 Å². The van der Waals surface area contributed by atoms with Crippen molar-refractivity contribution in [2.24, 2.45) is 10.9 Å². The average molecular weight is 357 g/mol. The molecule has 2 aliphatic rings. The van der Waals surface area contributed by atoms with Crippen LogP contribution in [0, 0.1) is 11.7 Å². The zero-order chi connectivity index (χ0) is 18.5. The van der Waals surface area contributed by atoms with Crippen LogP contribution in [0.3, 0.4) is 0 Å². The first kappa shape index (κ1) is 18.3. The Morgan fingerprint density at radius 3 is 2.77 bits per heavy atom. The Morgan fingerprint density at radius 2 is 2.12 bits per heavy atom. The second-order valence-electron chi connectivity index (χ2n) is 6.53. The molecule has 1 aromatic carbocycles. The highest BCUT2D eigenvalue weighted by Gasteiger charge is 2.30. The molecule has 1 saturated heterocycles. The second kappa shape index (κ2) is 8.27. The van der Waals surface area contributed by atoms with Crippen molar-refractivity contribution in [1.29, 1.82) is 0 Å². The standard InChI is InChI=1S/C20H24FN3O2/c1-3-22-20(16-8-10-26-11-9-16)23-12-15(2)24(19(25)14-23)13-17-6-4-5-7-18(17)21/h3-7,12,16H,1,8-11,13-14H2,2H3. The number of hydrogen-bond donors (Lipinski definition) is 0. The fourth-order valence-electron chi connectivity index (χ4n) is 3.39. The van der Waals surface area contributed by atoms with Crippen LogP contribution in [0.5, 0.6) is 0 Å². The fraction of sp³-hybridized carbons (Fsp3) is 0.400. The Kier molecular flexibility index (Phi) is 5.83. The van der Waals surface area contributed by atoms with Crippen molar-refractivity contribution in [3.8, 4) is 0 Å². The van der Waals surface area contributed by atoms with Crippen LogP contribution >= 0.6 is 0 Å². The molecule has 1 amide bonds. The molecule has 26 heavy (non-hydrogen) atoms. The van der Waals surface area contributed by atoms with E-state index >= 15 is 0 Å². The molecule has 0 unspecified atom stereocenters. The lowest BCUT2D eigenvalue weighted by molar-refractivity contribution is -0.130. The number of benzene rings is 1. The predicted octanol–water partition coefficient (Wildman–Crippen LogP) is 3.30. The zero-order valence-corrected chi connectivity index (χ0v) is 15.0. The topological polar surface area (TPSA) is 45.1 Å². The van der Waals surface area contributed by atoms with Gasteiger partial charge in [-0.15, -0.1) is 0 Å². The molecule has 0 radical (unpaired) electrons. The third kappa shape index (κ3) is 4.02. The molecule has 1 aromatic rings. The average Bonchev–Trinajstić information content (AvgIpc) is 2.64. The molecule has 0 atom stereocenters. The van der Waals surface area contributed by atoms with Gasteiger partial charge < -0.3 is 14.5 Å². The number of halogens is 1. The molecule has 2 aliphatic heterocycles. The molecule has 6 heteroatoms. The fourth-order valence-corrected chi connectivity index (χ4v) is 3.39. The van der Waals surface area contributed by atoms with E-state index in [0.29, 0.717) is 18.8 Å². The largest absolute Gasteiger partial charge is 0.381 e. The first-order valence-corrected chi connectivity index (χ1v) is 8.85. The first-order valence-electron chi connectivity index (χ1n) is 8.85. The summed E-state index contributed by atoms with van der Waals surface area (Å²) in [6.45, 7) is 7.38. The van der Waals surface area contributed by atoms with Gasteiger partial charge in [0.15, 0.2) is 0 Å². The van der Waals surface area contributed by atoms with Crippen molar-refractivity contribution in [3.63, 3.8) is 0 Å². The number of allylic oxidation sites excluding steroid dienone is 1. The van der Waals surface area contributed by atoms with Gasteiger partial charge in [0.1, 0.15) is 18.2 Å². The van der Waals surface area contributed by atoms with Gasteiger partial charge in [0, 0.05) is 42.8 Å². The van der Waals surface area contributed by atoms with Gasteiger partial charge in [-0.05, 0) is 25.8 Å². The van der Waals surface area contributed by atoms with Crippen molar-refractivity contribution in [1.82, 2.24) is 9.80 Å². The van der Waals surface area contributed by atoms with Crippen molar-refractivity contribution < 1.29 is 13.9 Å².